The molecule has 1 heterocycles. The molecule has 2 rings (SSSR count). The first kappa shape index (κ1) is 15.5. The SMILES string of the molecule is O=C(CCc1ccn(Cc2ccc([N+](=O)[O-])cc2)c1O)NO. The molecule has 0 saturated heterocycles. The average molecular weight is 305 g/mol. The second-order valence-electron chi connectivity index (χ2n) is 4.75. The smallest absolute Gasteiger partial charge is 0.269 e. The lowest BCUT2D eigenvalue weighted by Crippen LogP contribution is -2.18. The Morgan fingerprint density at radius 3 is 2.55 bits per heavy atom. The molecule has 0 aliphatic rings. The molecule has 0 aliphatic carbocycles. The Hall–Kier alpha value is -2.87. The number of hydrogen-bond acceptors (Lipinski definition) is 5. The number of aromatic nitrogens is 1. The minimum absolute atomic E-state index is 0.0104. The fourth-order valence-corrected chi connectivity index (χ4v) is 2.06. The number of hydroxylamine groups is 1. The third-order valence-corrected chi connectivity index (χ3v) is 3.26. The first-order valence-electron chi connectivity index (χ1n) is 6.54. The molecule has 8 nitrogen and oxygen atoms in total. The molecule has 0 saturated carbocycles. The van der Waals surface area contributed by atoms with Gasteiger partial charge in [-0.25, -0.2) is 5.48 Å². The molecule has 0 spiro atoms. The summed E-state index contributed by atoms with van der Waals surface area (Å²) in [5.74, 6) is -0.494. The van der Waals surface area contributed by atoms with Crippen LogP contribution >= 0.6 is 0 Å². The Morgan fingerprint density at radius 2 is 1.95 bits per heavy atom. The van der Waals surface area contributed by atoms with Crippen LogP contribution in [0.1, 0.15) is 17.5 Å². The zero-order valence-electron chi connectivity index (χ0n) is 11.6. The van der Waals surface area contributed by atoms with E-state index in [0.29, 0.717) is 18.5 Å². The second kappa shape index (κ2) is 6.72. The van der Waals surface area contributed by atoms with Crippen molar-refractivity contribution in [2.75, 3.05) is 0 Å². The van der Waals surface area contributed by atoms with Gasteiger partial charge in [0.2, 0.25) is 5.91 Å². The van der Waals surface area contributed by atoms with E-state index in [-0.39, 0.29) is 18.0 Å². The van der Waals surface area contributed by atoms with E-state index in [1.165, 1.54) is 17.6 Å². The van der Waals surface area contributed by atoms with Crippen molar-refractivity contribution in [1.29, 1.82) is 0 Å². The van der Waals surface area contributed by atoms with Gasteiger partial charge in [0, 0.05) is 30.3 Å². The molecule has 22 heavy (non-hydrogen) atoms. The quantitative estimate of drug-likeness (QED) is 0.425. The highest BCUT2D eigenvalue weighted by molar-refractivity contribution is 5.74. The van der Waals surface area contributed by atoms with Crippen LogP contribution in [0.15, 0.2) is 36.5 Å². The topological polar surface area (TPSA) is 118 Å². The van der Waals surface area contributed by atoms with Gasteiger partial charge < -0.3 is 9.67 Å². The summed E-state index contributed by atoms with van der Waals surface area (Å²) < 4.78 is 1.58. The van der Waals surface area contributed by atoms with Gasteiger partial charge in [-0.1, -0.05) is 12.1 Å². The third-order valence-electron chi connectivity index (χ3n) is 3.26. The van der Waals surface area contributed by atoms with Gasteiger partial charge in [-0.2, -0.15) is 0 Å². The zero-order chi connectivity index (χ0) is 16.1. The van der Waals surface area contributed by atoms with Gasteiger partial charge in [0.25, 0.3) is 5.69 Å². The van der Waals surface area contributed by atoms with Crippen LogP contribution in [0.25, 0.3) is 0 Å². The molecule has 3 N–H and O–H groups in total. The summed E-state index contributed by atoms with van der Waals surface area (Å²) in [5, 5.41) is 29.1. The van der Waals surface area contributed by atoms with Crippen LogP contribution in [0.3, 0.4) is 0 Å². The maximum Gasteiger partial charge on any atom is 0.269 e. The summed E-state index contributed by atoms with van der Waals surface area (Å²) in [7, 11) is 0. The predicted molar refractivity (Wildman–Crippen MR) is 76.5 cm³/mol. The van der Waals surface area contributed by atoms with Crippen LogP contribution in [0.4, 0.5) is 5.69 Å². The first-order chi connectivity index (χ1) is 10.5. The van der Waals surface area contributed by atoms with E-state index < -0.39 is 10.8 Å². The van der Waals surface area contributed by atoms with E-state index in [4.69, 9.17) is 5.21 Å². The lowest BCUT2D eigenvalue weighted by Gasteiger charge is -2.06. The van der Waals surface area contributed by atoms with Crippen molar-refractivity contribution in [1.82, 2.24) is 10.0 Å². The molecule has 8 heteroatoms. The molecule has 0 aliphatic heterocycles. The average Bonchev–Trinajstić information content (AvgIpc) is 2.86. The summed E-state index contributed by atoms with van der Waals surface area (Å²) >= 11 is 0. The van der Waals surface area contributed by atoms with Gasteiger partial charge in [0.05, 0.1) is 11.5 Å². The highest BCUT2D eigenvalue weighted by atomic mass is 16.6. The number of nitro benzene ring substituents is 1. The largest absolute Gasteiger partial charge is 0.494 e. The summed E-state index contributed by atoms with van der Waals surface area (Å²) in [6.45, 7) is 0.357. The van der Waals surface area contributed by atoms with E-state index in [9.17, 15) is 20.0 Å². The van der Waals surface area contributed by atoms with Crippen molar-refractivity contribution in [3.05, 3.63) is 57.8 Å². The maximum atomic E-state index is 11.0. The van der Waals surface area contributed by atoms with Crippen molar-refractivity contribution < 1.29 is 20.0 Å². The van der Waals surface area contributed by atoms with Crippen LogP contribution in [-0.4, -0.2) is 25.7 Å². The second-order valence-corrected chi connectivity index (χ2v) is 4.75. The van der Waals surface area contributed by atoms with Gasteiger partial charge in [-0.05, 0) is 18.1 Å². The Bertz CT molecular complexity index is 678. The van der Waals surface area contributed by atoms with Crippen LogP contribution in [-0.2, 0) is 17.8 Å². The van der Waals surface area contributed by atoms with Crippen molar-refractivity contribution in [2.45, 2.75) is 19.4 Å². The van der Waals surface area contributed by atoms with E-state index in [2.05, 4.69) is 0 Å². The molecule has 0 atom stereocenters. The van der Waals surface area contributed by atoms with Crippen molar-refractivity contribution in [3.8, 4) is 5.88 Å². The number of carbonyl (C=O) groups is 1. The molecule has 2 aromatic rings. The van der Waals surface area contributed by atoms with Gasteiger partial charge in [0.15, 0.2) is 5.88 Å². The Morgan fingerprint density at radius 1 is 1.27 bits per heavy atom. The molecule has 1 aromatic heterocycles. The summed E-state index contributed by atoms with van der Waals surface area (Å²) in [5.41, 5.74) is 2.93. The fraction of sp³-hybridized carbons (Fsp3) is 0.214. The van der Waals surface area contributed by atoms with Crippen molar-refractivity contribution in [2.24, 2.45) is 0 Å². The zero-order valence-corrected chi connectivity index (χ0v) is 11.6. The first-order valence-corrected chi connectivity index (χ1v) is 6.54. The Balaban J connectivity index is 2.05. The van der Waals surface area contributed by atoms with Gasteiger partial charge in [-0.15, -0.1) is 0 Å². The number of carbonyl (C=O) groups excluding carboxylic acids is 1. The van der Waals surface area contributed by atoms with Crippen LogP contribution in [0, 0.1) is 10.1 Å². The molecule has 116 valence electrons. The summed E-state index contributed by atoms with van der Waals surface area (Å²) in [6, 6.07) is 7.74. The number of benzene rings is 1. The number of non-ortho nitro benzene ring substituents is 1. The molecule has 1 amide bonds. The minimum atomic E-state index is -0.525. The predicted octanol–water partition coefficient (Wildman–Crippen LogP) is 1.59. The molecule has 0 radical (unpaired) electrons. The monoisotopic (exact) mass is 305 g/mol. The molecular formula is C14H15N3O5. The molecule has 1 aromatic carbocycles. The van der Waals surface area contributed by atoms with Crippen LogP contribution < -0.4 is 5.48 Å². The highest BCUT2D eigenvalue weighted by Crippen LogP contribution is 2.22. The molecule has 0 fully saturated rings. The van der Waals surface area contributed by atoms with E-state index in [1.54, 1.807) is 29.0 Å². The normalized spacial score (nSPS) is 10.4. The van der Waals surface area contributed by atoms with Gasteiger partial charge in [-0.3, -0.25) is 20.1 Å². The maximum absolute atomic E-state index is 11.0. The number of hydrogen-bond donors (Lipinski definition) is 3. The van der Waals surface area contributed by atoms with Gasteiger partial charge >= 0.3 is 0 Å². The lowest BCUT2D eigenvalue weighted by atomic mass is 10.2. The summed E-state index contributed by atoms with van der Waals surface area (Å²) in [4.78, 5) is 21.1. The molecular weight excluding hydrogens is 290 g/mol. The molecule has 0 bridgehead atoms. The van der Waals surface area contributed by atoms with E-state index in [1.807, 2.05) is 0 Å². The number of aryl methyl sites for hydroxylation is 1. The number of rotatable bonds is 6. The summed E-state index contributed by atoms with van der Waals surface area (Å²) in [6.07, 6.45) is 2.03. The van der Waals surface area contributed by atoms with Crippen molar-refractivity contribution in [3.63, 3.8) is 0 Å². The third kappa shape index (κ3) is 3.61. The van der Waals surface area contributed by atoms with Crippen LogP contribution in [0.5, 0.6) is 5.88 Å². The fourth-order valence-electron chi connectivity index (χ4n) is 2.06. The molecule has 0 unspecified atom stereocenters. The number of aromatic hydroxyl groups is 1. The van der Waals surface area contributed by atoms with Gasteiger partial charge in [0.1, 0.15) is 0 Å². The van der Waals surface area contributed by atoms with Crippen LogP contribution in [0.2, 0.25) is 0 Å². The van der Waals surface area contributed by atoms with Crippen molar-refractivity contribution >= 4 is 11.6 Å². The number of nitro groups is 1. The highest BCUT2D eigenvalue weighted by Gasteiger charge is 2.11. The number of nitrogens with zero attached hydrogens (tertiary/aromatic N) is 2. The minimum Gasteiger partial charge on any atom is -0.494 e. The lowest BCUT2D eigenvalue weighted by molar-refractivity contribution is -0.384. The van der Waals surface area contributed by atoms with E-state index in [0.717, 1.165) is 5.56 Å². The number of amides is 1. The number of nitrogens with one attached hydrogen (secondary N) is 1. The van der Waals surface area contributed by atoms with E-state index >= 15 is 0 Å². The Kier molecular flexibility index (Phi) is 4.74. The standard InChI is InChI=1S/C14H15N3O5/c18-13(15-20)6-3-11-7-8-16(14(11)19)9-10-1-4-12(5-2-10)17(21)22/h1-2,4-5,7-8,19-20H,3,6,9H2,(H,15,18). The Labute approximate surface area is 125 Å².